The predicted octanol–water partition coefficient (Wildman–Crippen LogP) is -0.745. The lowest BCUT2D eigenvalue weighted by atomic mass is 10.7. The Bertz CT molecular complexity index is 145. The highest BCUT2D eigenvalue weighted by Crippen LogP contribution is 1.66. The van der Waals surface area contributed by atoms with Crippen LogP contribution in [0.25, 0.3) is 0 Å². The van der Waals surface area contributed by atoms with Crippen LogP contribution in [0.15, 0.2) is 12.8 Å². The first-order valence-corrected chi connectivity index (χ1v) is 2.53. The molecule has 0 rings (SSSR count). The van der Waals surface area contributed by atoms with Gasteiger partial charge in [-0.05, 0) is 0 Å². The van der Waals surface area contributed by atoms with Crippen molar-refractivity contribution < 1.29 is 19.4 Å². The van der Waals surface area contributed by atoms with Gasteiger partial charge in [-0.1, -0.05) is 6.58 Å². The molecule has 0 saturated heterocycles. The Morgan fingerprint density at radius 2 is 2.00 bits per heavy atom. The highest BCUT2D eigenvalue weighted by molar-refractivity contribution is 5.68. The number of ether oxygens (including phenoxy) is 1. The van der Waals surface area contributed by atoms with E-state index in [0.29, 0.717) is 0 Å². The zero-order chi connectivity index (χ0) is 9.28. The van der Waals surface area contributed by atoms with Gasteiger partial charge in [0, 0.05) is 0 Å². The SMILES string of the molecule is C=COC(N)=O.NCC(=O)O. The smallest absolute Gasteiger partial charge is 0.409 e. The molecule has 0 saturated carbocycles. The number of rotatable bonds is 2. The van der Waals surface area contributed by atoms with Crippen molar-refractivity contribution in [3.63, 3.8) is 0 Å². The van der Waals surface area contributed by atoms with Crippen LogP contribution in [0.2, 0.25) is 0 Å². The summed E-state index contributed by atoms with van der Waals surface area (Å²) in [5.74, 6) is -0.968. The molecule has 11 heavy (non-hydrogen) atoms. The van der Waals surface area contributed by atoms with Gasteiger partial charge in [0.25, 0.3) is 0 Å². The number of hydrogen-bond donors (Lipinski definition) is 3. The van der Waals surface area contributed by atoms with Crippen molar-refractivity contribution in [3.8, 4) is 0 Å². The maximum atomic E-state index is 9.53. The van der Waals surface area contributed by atoms with Crippen molar-refractivity contribution >= 4 is 12.1 Å². The predicted molar refractivity (Wildman–Crippen MR) is 37.6 cm³/mol. The molecular formula is C5H10N2O4. The van der Waals surface area contributed by atoms with Gasteiger partial charge in [-0.3, -0.25) is 4.79 Å². The van der Waals surface area contributed by atoms with Gasteiger partial charge in [0.15, 0.2) is 0 Å². The van der Waals surface area contributed by atoms with Crippen LogP contribution in [0.1, 0.15) is 0 Å². The molecule has 0 aromatic heterocycles. The second-order valence-electron chi connectivity index (χ2n) is 1.20. The van der Waals surface area contributed by atoms with Gasteiger partial charge in [-0.25, -0.2) is 4.79 Å². The van der Waals surface area contributed by atoms with Crippen LogP contribution in [-0.4, -0.2) is 23.7 Å². The second-order valence-corrected chi connectivity index (χ2v) is 1.20. The molecule has 0 aliphatic heterocycles. The average molecular weight is 162 g/mol. The number of hydrogen-bond acceptors (Lipinski definition) is 4. The highest BCUT2D eigenvalue weighted by Gasteiger charge is 1.81. The highest BCUT2D eigenvalue weighted by atomic mass is 16.5. The molecule has 0 spiro atoms. The molecule has 0 aromatic rings. The van der Waals surface area contributed by atoms with Crippen molar-refractivity contribution in [3.05, 3.63) is 12.8 Å². The monoisotopic (exact) mass is 162 g/mol. The summed E-state index contributed by atoms with van der Waals surface area (Å²) in [5.41, 5.74) is 9.04. The van der Waals surface area contributed by atoms with Crippen molar-refractivity contribution in [1.82, 2.24) is 0 Å². The topological polar surface area (TPSA) is 116 Å². The van der Waals surface area contributed by atoms with Crippen molar-refractivity contribution in [2.24, 2.45) is 11.5 Å². The Hall–Kier alpha value is -1.56. The van der Waals surface area contributed by atoms with E-state index in [1.807, 2.05) is 0 Å². The summed E-state index contributed by atoms with van der Waals surface area (Å²) in [7, 11) is 0. The third kappa shape index (κ3) is 29.6. The summed E-state index contributed by atoms with van der Waals surface area (Å²) in [6.45, 7) is 2.80. The lowest BCUT2D eigenvalue weighted by Gasteiger charge is -1.83. The van der Waals surface area contributed by atoms with E-state index in [9.17, 15) is 9.59 Å². The first-order valence-electron chi connectivity index (χ1n) is 2.53. The Balaban J connectivity index is 0. The molecule has 0 heterocycles. The number of nitrogens with two attached hydrogens (primary N) is 2. The molecule has 5 N–H and O–H groups in total. The standard InChI is InChI=1S/C3H5NO2.C2H5NO2/c1-2-6-3(4)5;3-1-2(4)5/h2H,1H2,(H2,4,5);1,3H2,(H,4,5). The van der Waals surface area contributed by atoms with Crippen molar-refractivity contribution in [2.45, 2.75) is 0 Å². The summed E-state index contributed by atoms with van der Waals surface area (Å²) < 4.78 is 3.94. The van der Waals surface area contributed by atoms with Crippen LogP contribution in [0.5, 0.6) is 0 Å². The van der Waals surface area contributed by atoms with Crippen molar-refractivity contribution in [2.75, 3.05) is 6.54 Å². The Morgan fingerprint density at radius 1 is 1.64 bits per heavy atom. The van der Waals surface area contributed by atoms with Crippen LogP contribution in [0, 0.1) is 0 Å². The molecular weight excluding hydrogens is 152 g/mol. The lowest BCUT2D eigenvalue weighted by Crippen LogP contribution is -2.10. The first kappa shape index (κ1) is 12.1. The van der Waals surface area contributed by atoms with E-state index in [2.05, 4.69) is 22.8 Å². The van der Waals surface area contributed by atoms with Gasteiger partial charge in [-0.15, -0.1) is 0 Å². The number of carbonyl (C=O) groups is 2. The molecule has 0 fully saturated rings. The molecule has 0 radical (unpaired) electrons. The van der Waals surface area contributed by atoms with E-state index in [1.54, 1.807) is 0 Å². The normalized spacial score (nSPS) is 7.00. The van der Waals surface area contributed by atoms with Crippen LogP contribution >= 0.6 is 0 Å². The van der Waals surface area contributed by atoms with Gasteiger partial charge >= 0.3 is 12.1 Å². The minimum atomic E-state index is -0.968. The largest absolute Gasteiger partial charge is 0.480 e. The molecule has 6 nitrogen and oxygen atoms in total. The minimum absolute atomic E-state index is 0.278. The third-order valence-electron chi connectivity index (χ3n) is 0.374. The molecule has 0 atom stereocenters. The van der Waals surface area contributed by atoms with Crippen LogP contribution in [-0.2, 0) is 9.53 Å². The molecule has 0 aliphatic rings. The molecule has 1 amide bonds. The first-order chi connectivity index (χ1) is 5.04. The lowest BCUT2D eigenvalue weighted by molar-refractivity contribution is -0.135. The summed E-state index contributed by atoms with van der Waals surface area (Å²) in [4.78, 5) is 18.8. The molecule has 6 heteroatoms. The summed E-state index contributed by atoms with van der Waals surface area (Å²) in [6, 6.07) is 0. The number of carboxylic acids is 1. The third-order valence-corrected chi connectivity index (χ3v) is 0.374. The van der Waals surface area contributed by atoms with E-state index >= 15 is 0 Å². The molecule has 64 valence electrons. The Morgan fingerprint density at radius 3 is 2.00 bits per heavy atom. The van der Waals surface area contributed by atoms with Crippen LogP contribution in [0.3, 0.4) is 0 Å². The average Bonchev–Trinajstić information content (AvgIpc) is 1.89. The fraction of sp³-hybridized carbons (Fsp3) is 0.200. The Kier molecular flexibility index (Phi) is 9.32. The van der Waals surface area contributed by atoms with Gasteiger partial charge in [0.2, 0.25) is 0 Å². The van der Waals surface area contributed by atoms with Gasteiger partial charge in [-0.2, -0.15) is 0 Å². The quantitative estimate of drug-likeness (QED) is 0.462. The zero-order valence-corrected chi connectivity index (χ0v) is 5.82. The number of carboxylic acid groups (broad SMARTS) is 1. The van der Waals surface area contributed by atoms with Gasteiger partial charge in [0.05, 0.1) is 12.8 Å². The van der Waals surface area contributed by atoms with E-state index in [0.717, 1.165) is 6.26 Å². The molecule has 0 bridgehead atoms. The molecule has 0 unspecified atom stereocenters. The number of amides is 1. The van der Waals surface area contributed by atoms with E-state index < -0.39 is 12.1 Å². The van der Waals surface area contributed by atoms with E-state index in [4.69, 9.17) is 5.11 Å². The number of aliphatic carboxylic acids is 1. The van der Waals surface area contributed by atoms with Gasteiger partial charge in [0.1, 0.15) is 0 Å². The number of primary amides is 1. The maximum Gasteiger partial charge on any atom is 0.409 e. The fourth-order valence-corrected chi connectivity index (χ4v) is 0.0821. The van der Waals surface area contributed by atoms with Crippen LogP contribution in [0.4, 0.5) is 4.79 Å². The summed E-state index contributed by atoms with van der Waals surface area (Å²) in [5, 5.41) is 7.60. The summed E-state index contributed by atoms with van der Waals surface area (Å²) >= 11 is 0. The zero-order valence-electron chi connectivity index (χ0n) is 5.82. The fourth-order valence-electron chi connectivity index (χ4n) is 0.0821. The van der Waals surface area contributed by atoms with E-state index in [1.165, 1.54) is 0 Å². The Labute approximate surface area is 63.4 Å². The van der Waals surface area contributed by atoms with E-state index in [-0.39, 0.29) is 6.54 Å². The second kappa shape index (κ2) is 8.44. The molecule has 0 aliphatic carbocycles. The minimum Gasteiger partial charge on any atom is -0.480 e. The maximum absolute atomic E-state index is 9.53. The van der Waals surface area contributed by atoms with Gasteiger partial charge < -0.3 is 21.3 Å². The molecule has 0 aromatic carbocycles. The number of carbonyl (C=O) groups excluding carboxylic acids is 1. The summed E-state index contributed by atoms with van der Waals surface area (Å²) in [6.07, 6.45) is 0.146. The van der Waals surface area contributed by atoms with Crippen LogP contribution < -0.4 is 11.5 Å². The van der Waals surface area contributed by atoms with Crippen molar-refractivity contribution in [1.29, 1.82) is 0 Å².